The Kier molecular flexibility index (Phi) is 9.28. The number of rotatable bonds is 8. The molecule has 0 aliphatic carbocycles. The fraction of sp³-hybridized carbons (Fsp3) is 0.636. The Hall–Kier alpha value is -2.08. The van der Waals surface area contributed by atoms with Crippen molar-refractivity contribution in [3.63, 3.8) is 0 Å². The Labute approximate surface area is 170 Å². The third-order valence-corrected chi connectivity index (χ3v) is 5.34. The molecule has 2 rings (SSSR count). The van der Waals surface area contributed by atoms with E-state index in [-0.39, 0.29) is 5.91 Å². The highest BCUT2D eigenvalue weighted by Crippen LogP contribution is 2.17. The molecule has 1 heterocycles. The highest BCUT2D eigenvalue weighted by Gasteiger charge is 2.21. The molecular weight excluding hydrogens is 350 g/mol. The average Bonchev–Trinajstić information content (AvgIpc) is 2.72. The van der Waals surface area contributed by atoms with Crippen LogP contribution >= 0.6 is 0 Å². The summed E-state index contributed by atoms with van der Waals surface area (Å²) in [6.45, 7) is 6.29. The van der Waals surface area contributed by atoms with Crippen LogP contribution in [0.1, 0.15) is 54.9 Å². The lowest BCUT2D eigenvalue weighted by Gasteiger charge is -2.36. The van der Waals surface area contributed by atoms with Crippen molar-refractivity contribution in [2.45, 2.75) is 51.6 Å². The zero-order valence-electron chi connectivity index (χ0n) is 18.0. The van der Waals surface area contributed by atoms with Gasteiger partial charge in [0.15, 0.2) is 5.96 Å². The summed E-state index contributed by atoms with van der Waals surface area (Å²) in [5.41, 5.74) is 1.83. The van der Waals surface area contributed by atoms with Gasteiger partial charge in [-0.3, -0.25) is 14.7 Å². The van der Waals surface area contributed by atoms with E-state index in [9.17, 15) is 4.79 Å². The summed E-state index contributed by atoms with van der Waals surface area (Å²) in [5.74, 6) is 0.853. The lowest BCUT2D eigenvalue weighted by Crippen LogP contribution is -2.49. The van der Waals surface area contributed by atoms with E-state index in [2.05, 4.69) is 27.4 Å². The van der Waals surface area contributed by atoms with Crippen LogP contribution in [0.4, 0.5) is 0 Å². The van der Waals surface area contributed by atoms with Crippen LogP contribution in [0.15, 0.2) is 29.3 Å². The fourth-order valence-electron chi connectivity index (χ4n) is 3.59. The van der Waals surface area contributed by atoms with Crippen LogP contribution in [0.3, 0.4) is 0 Å². The minimum atomic E-state index is 0.0251. The molecule has 1 fully saturated rings. The minimum Gasteiger partial charge on any atom is -0.355 e. The van der Waals surface area contributed by atoms with Gasteiger partial charge < -0.3 is 15.5 Å². The summed E-state index contributed by atoms with van der Waals surface area (Å²) in [7, 11) is 5.34. The van der Waals surface area contributed by atoms with Gasteiger partial charge in [0.2, 0.25) is 0 Å². The van der Waals surface area contributed by atoms with E-state index in [1.807, 2.05) is 31.3 Å². The summed E-state index contributed by atoms with van der Waals surface area (Å²) in [6, 6.07) is 8.33. The molecule has 0 spiro atoms. The largest absolute Gasteiger partial charge is 0.355 e. The van der Waals surface area contributed by atoms with Gasteiger partial charge in [-0.1, -0.05) is 31.9 Å². The number of nitrogens with zero attached hydrogens (tertiary/aromatic N) is 3. The third kappa shape index (κ3) is 6.82. The molecule has 6 nitrogen and oxygen atoms in total. The minimum absolute atomic E-state index is 0.0251. The first-order chi connectivity index (χ1) is 13.5. The summed E-state index contributed by atoms with van der Waals surface area (Å²) >= 11 is 0. The standard InChI is InChI=1S/C22H37N5O/c1-5-6-14-27-15-8-7-9-20(27)17-25-22(23-2)24-16-18-10-12-19(13-11-18)21(28)26(3)4/h10-13,20H,5-9,14-17H2,1-4H3,(H2,23,24,25). The van der Waals surface area contributed by atoms with Crippen LogP contribution in [-0.4, -0.2) is 68.5 Å². The number of benzene rings is 1. The van der Waals surface area contributed by atoms with Gasteiger partial charge in [-0.2, -0.15) is 0 Å². The van der Waals surface area contributed by atoms with E-state index in [4.69, 9.17) is 0 Å². The number of piperidine rings is 1. The fourth-order valence-corrected chi connectivity index (χ4v) is 3.59. The smallest absolute Gasteiger partial charge is 0.253 e. The van der Waals surface area contributed by atoms with Gasteiger partial charge in [0.05, 0.1) is 0 Å². The zero-order valence-corrected chi connectivity index (χ0v) is 18.0. The second-order valence-corrected chi connectivity index (χ2v) is 7.74. The molecule has 0 aromatic heterocycles. The van der Waals surface area contributed by atoms with Gasteiger partial charge >= 0.3 is 0 Å². The molecule has 1 aliphatic rings. The van der Waals surface area contributed by atoms with Crippen LogP contribution in [0.2, 0.25) is 0 Å². The van der Waals surface area contributed by atoms with Crippen molar-refractivity contribution in [1.82, 2.24) is 20.4 Å². The molecule has 156 valence electrons. The van der Waals surface area contributed by atoms with Crippen LogP contribution in [0, 0.1) is 0 Å². The maximum atomic E-state index is 12.0. The van der Waals surface area contributed by atoms with E-state index in [1.54, 1.807) is 19.0 Å². The van der Waals surface area contributed by atoms with E-state index in [1.165, 1.54) is 45.2 Å². The molecule has 1 aliphatic heterocycles. The van der Waals surface area contributed by atoms with Gasteiger partial charge in [0.1, 0.15) is 0 Å². The number of carbonyl (C=O) groups is 1. The zero-order chi connectivity index (χ0) is 20.4. The highest BCUT2D eigenvalue weighted by atomic mass is 16.2. The normalized spacial score (nSPS) is 18.0. The highest BCUT2D eigenvalue weighted by molar-refractivity contribution is 5.93. The van der Waals surface area contributed by atoms with Crippen molar-refractivity contribution in [2.24, 2.45) is 4.99 Å². The number of hydrogen-bond acceptors (Lipinski definition) is 3. The van der Waals surface area contributed by atoms with E-state index < -0.39 is 0 Å². The predicted octanol–water partition coefficient (Wildman–Crippen LogP) is 2.71. The molecule has 1 aromatic rings. The Morgan fingerprint density at radius 1 is 1.21 bits per heavy atom. The first kappa shape index (κ1) is 22.2. The number of carbonyl (C=O) groups excluding carboxylic acids is 1. The van der Waals surface area contributed by atoms with Crippen molar-refractivity contribution < 1.29 is 4.79 Å². The maximum Gasteiger partial charge on any atom is 0.253 e. The molecular formula is C22H37N5O. The van der Waals surface area contributed by atoms with Crippen molar-refractivity contribution in [1.29, 1.82) is 0 Å². The number of amides is 1. The Balaban J connectivity index is 1.81. The van der Waals surface area contributed by atoms with Crippen LogP contribution in [0.5, 0.6) is 0 Å². The Morgan fingerprint density at radius 2 is 1.96 bits per heavy atom. The molecule has 28 heavy (non-hydrogen) atoms. The van der Waals surface area contributed by atoms with Gasteiger partial charge in [-0.25, -0.2) is 0 Å². The van der Waals surface area contributed by atoms with Gasteiger partial charge in [0, 0.05) is 45.8 Å². The van der Waals surface area contributed by atoms with Crippen LogP contribution in [-0.2, 0) is 6.54 Å². The topological polar surface area (TPSA) is 60.0 Å². The molecule has 6 heteroatoms. The summed E-state index contributed by atoms with van der Waals surface area (Å²) in [5, 5.41) is 6.88. The second-order valence-electron chi connectivity index (χ2n) is 7.74. The van der Waals surface area contributed by atoms with Gasteiger partial charge in [-0.15, -0.1) is 0 Å². The van der Waals surface area contributed by atoms with Crippen LogP contribution < -0.4 is 10.6 Å². The number of hydrogen-bond donors (Lipinski definition) is 2. The van der Waals surface area contributed by atoms with Gasteiger partial charge in [0.25, 0.3) is 5.91 Å². The molecule has 1 atom stereocenters. The molecule has 0 radical (unpaired) electrons. The van der Waals surface area contributed by atoms with Crippen molar-refractivity contribution in [3.8, 4) is 0 Å². The molecule has 1 saturated heterocycles. The SMILES string of the molecule is CCCCN1CCCCC1CNC(=NC)NCc1ccc(C(=O)N(C)C)cc1. The van der Waals surface area contributed by atoms with Crippen LogP contribution in [0.25, 0.3) is 0 Å². The summed E-state index contributed by atoms with van der Waals surface area (Å²) in [4.78, 5) is 20.6. The first-order valence-corrected chi connectivity index (χ1v) is 10.5. The van der Waals surface area contributed by atoms with E-state index in [0.717, 1.165) is 18.1 Å². The number of unbranched alkanes of at least 4 members (excludes halogenated alkanes) is 1. The molecule has 0 saturated carbocycles. The first-order valence-electron chi connectivity index (χ1n) is 10.5. The van der Waals surface area contributed by atoms with Crippen molar-refractivity contribution in [3.05, 3.63) is 35.4 Å². The summed E-state index contributed by atoms with van der Waals surface area (Å²) in [6.07, 6.45) is 6.42. The number of nitrogens with one attached hydrogen (secondary N) is 2. The lowest BCUT2D eigenvalue weighted by molar-refractivity contribution is 0.0827. The number of likely N-dealkylation sites (tertiary alicyclic amines) is 1. The molecule has 1 amide bonds. The molecule has 1 aromatic carbocycles. The molecule has 0 bridgehead atoms. The predicted molar refractivity (Wildman–Crippen MR) is 117 cm³/mol. The third-order valence-electron chi connectivity index (χ3n) is 5.34. The Morgan fingerprint density at radius 3 is 2.61 bits per heavy atom. The summed E-state index contributed by atoms with van der Waals surface area (Å²) < 4.78 is 0. The average molecular weight is 388 g/mol. The lowest BCUT2D eigenvalue weighted by atomic mass is 10.0. The maximum absolute atomic E-state index is 12.0. The molecule has 1 unspecified atom stereocenters. The van der Waals surface area contributed by atoms with Gasteiger partial charge in [-0.05, 0) is 50.0 Å². The Bertz CT molecular complexity index is 626. The second kappa shape index (κ2) is 11.7. The number of guanidine groups is 1. The molecule has 2 N–H and O–H groups in total. The van der Waals surface area contributed by atoms with E-state index in [0.29, 0.717) is 18.2 Å². The monoisotopic (exact) mass is 387 g/mol. The van der Waals surface area contributed by atoms with Crippen molar-refractivity contribution in [2.75, 3.05) is 40.8 Å². The quantitative estimate of drug-likeness (QED) is 0.532. The van der Waals surface area contributed by atoms with E-state index >= 15 is 0 Å². The number of aliphatic imine (C=N–C) groups is 1. The van der Waals surface area contributed by atoms with Crippen molar-refractivity contribution >= 4 is 11.9 Å².